The number of nitrogens with zero attached hydrogens (tertiary/aromatic N) is 4. The Balaban J connectivity index is 1.39. The summed E-state index contributed by atoms with van der Waals surface area (Å²) in [6, 6.07) is 8.11. The second kappa shape index (κ2) is 8.81. The zero-order valence-corrected chi connectivity index (χ0v) is 18.6. The molecular formula is C21H23F3N4O4S. The van der Waals surface area contributed by atoms with Gasteiger partial charge in [0.15, 0.2) is 21.3 Å². The number of likely N-dealkylation sites (tertiary alicyclic amines) is 1. The standard InChI is InChI=1S/C21H23F3N4O4S/c1-32-16-3-2-4-17(11-16)33(30,31)10-9-20(29)27-12-14-5-6-15(13-27)28(14)19-8-7-18(25-26-19)21(22,23)24/h2-4,7-8,11,14-15H,5-6,9-10,12-13H2,1H3. The lowest BCUT2D eigenvalue weighted by molar-refractivity contribution is -0.141. The number of aromatic nitrogens is 2. The van der Waals surface area contributed by atoms with Crippen molar-refractivity contribution in [3.63, 3.8) is 0 Å². The smallest absolute Gasteiger partial charge is 0.435 e. The van der Waals surface area contributed by atoms with Crippen LogP contribution in [0.1, 0.15) is 25.0 Å². The van der Waals surface area contributed by atoms with Crippen LogP contribution < -0.4 is 9.64 Å². The van der Waals surface area contributed by atoms with Gasteiger partial charge in [0.2, 0.25) is 5.91 Å². The summed E-state index contributed by atoms with van der Waals surface area (Å²) in [7, 11) is -2.21. The second-order valence-corrected chi connectivity index (χ2v) is 10.2. The van der Waals surface area contributed by atoms with Crippen molar-refractivity contribution in [1.29, 1.82) is 0 Å². The van der Waals surface area contributed by atoms with Gasteiger partial charge in [0, 0.05) is 31.6 Å². The summed E-state index contributed by atoms with van der Waals surface area (Å²) in [5, 5.41) is 7.06. The summed E-state index contributed by atoms with van der Waals surface area (Å²) in [5.74, 6) is 0.181. The first-order valence-electron chi connectivity index (χ1n) is 10.4. The number of halogens is 3. The minimum atomic E-state index is -4.55. The van der Waals surface area contributed by atoms with Crippen LogP contribution in [0.2, 0.25) is 0 Å². The van der Waals surface area contributed by atoms with E-state index < -0.39 is 21.7 Å². The summed E-state index contributed by atoms with van der Waals surface area (Å²) in [4.78, 5) is 16.4. The molecule has 2 atom stereocenters. The molecule has 1 aromatic carbocycles. The molecule has 2 saturated heterocycles. The van der Waals surface area contributed by atoms with Crippen LogP contribution in [0.4, 0.5) is 19.0 Å². The van der Waals surface area contributed by atoms with Crippen LogP contribution >= 0.6 is 0 Å². The number of piperazine rings is 1. The van der Waals surface area contributed by atoms with E-state index in [1.807, 2.05) is 4.90 Å². The van der Waals surface area contributed by atoms with Gasteiger partial charge in [-0.25, -0.2) is 8.42 Å². The predicted molar refractivity (Wildman–Crippen MR) is 113 cm³/mol. The fourth-order valence-corrected chi connectivity index (χ4v) is 5.65. The average molecular weight is 485 g/mol. The lowest BCUT2D eigenvalue weighted by atomic mass is 10.1. The predicted octanol–water partition coefficient (Wildman–Crippen LogP) is 2.55. The molecular weight excluding hydrogens is 461 g/mol. The van der Waals surface area contributed by atoms with Gasteiger partial charge in [0.1, 0.15) is 5.75 Å². The number of fused-ring (bicyclic) bond motifs is 2. The van der Waals surface area contributed by atoms with Crippen LogP contribution in [0.5, 0.6) is 5.75 Å². The molecule has 0 N–H and O–H groups in total. The van der Waals surface area contributed by atoms with Crippen molar-refractivity contribution in [1.82, 2.24) is 15.1 Å². The van der Waals surface area contributed by atoms with E-state index in [-0.39, 0.29) is 35.1 Å². The SMILES string of the molecule is COc1cccc(S(=O)(=O)CCC(=O)N2CC3CCC(C2)N3c2ccc(C(F)(F)F)nn2)c1. The Hall–Kier alpha value is -2.89. The number of rotatable bonds is 6. The quantitative estimate of drug-likeness (QED) is 0.622. The molecule has 2 aliphatic rings. The van der Waals surface area contributed by atoms with Crippen LogP contribution in [0.3, 0.4) is 0 Å². The fraction of sp³-hybridized carbons (Fsp3) is 0.476. The minimum Gasteiger partial charge on any atom is -0.497 e. The highest BCUT2D eigenvalue weighted by atomic mass is 32.2. The van der Waals surface area contributed by atoms with Gasteiger partial charge in [-0.05, 0) is 43.2 Å². The molecule has 8 nitrogen and oxygen atoms in total. The van der Waals surface area contributed by atoms with Gasteiger partial charge in [0.05, 0.1) is 17.8 Å². The lowest BCUT2D eigenvalue weighted by Crippen LogP contribution is -2.56. The highest BCUT2D eigenvalue weighted by Crippen LogP contribution is 2.35. The third kappa shape index (κ3) is 4.90. The van der Waals surface area contributed by atoms with E-state index in [4.69, 9.17) is 4.74 Å². The molecule has 2 fully saturated rings. The number of carbonyl (C=O) groups excluding carboxylic acids is 1. The number of alkyl halides is 3. The first-order valence-corrected chi connectivity index (χ1v) is 12.1. The van der Waals surface area contributed by atoms with Crippen LogP contribution in [-0.2, 0) is 20.8 Å². The lowest BCUT2D eigenvalue weighted by Gasteiger charge is -2.41. The molecule has 1 amide bonds. The first kappa shape index (κ1) is 23.3. The van der Waals surface area contributed by atoms with Crippen molar-refractivity contribution >= 4 is 21.6 Å². The molecule has 178 valence electrons. The van der Waals surface area contributed by atoms with Gasteiger partial charge >= 0.3 is 6.18 Å². The molecule has 2 aliphatic heterocycles. The molecule has 0 radical (unpaired) electrons. The molecule has 0 saturated carbocycles. The van der Waals surface area contributed by atoms with Gasteiger partial charge in [-0.3, -0.25) is 4.79 Å². The molecule has 0 aliphatic carbocycles. The Labute approximate surface area is 189 Å². The maximum Gasteiger partial charge on any atom is 0.435 e. The number of ether oxygens (including phenoxy) is 1. The molecule has 0 spiro atoms. The monoisotopic (exact) mass is 484 g/mol. The Morgan fingerprint density at radius 3 is 2.39 bits per heavy atom. The summed E-state index contributed by atoms with van der Waals surface area (Å²) in [6.45, 7) is 0.717. The molecule has 12 heteroatoms. The molecule has 2 unspecified atom stereocenters. The number of carbonyl (C=O) groups is 1. The van der Waals surface area contributed by atoms with Crippen LogP contribution in [0.25, 0.3) is 0 Å². The topological polar surface area (TPSA) is 92.7 Å². The van der Waals surface area contributed by atoms with Gasteiger partial charge in [-0.2, -0.15) is 13.2 Å². The van der Waals surface area contributed by atoms with Gasteiger partial charge in [0.25, 0.3) is 0 Å². The zero-order chi connectivity index (χ0) is 23.8. The van der Waals surface area contributed by atoms with Gasteiger partial charge in [-0.1, -0.05) is 6.07 Å². The summed E-state index contributed by atoms with van der Waals surface area (Å²) < 4.78 is 68.6. The number of methoxy groups -OCH3 is 1. The molecule has 2 bridgehead atoms. The third-order valence-electron chi connectivity index (χ3n) is 6.03. The average Bonchev–Trinajstić information content (AvgIpc) is 3.06. The number of anilines is 1. The second-order valence-electron chi connectivity index (χ2n) is 8.11. The molecule has 33 heavy (non-hydrogen) atoms. The number of amides is 1. The van der Waals surface area contributed by atoms with E-state index in [0.717, 1.165) is 18.9 Å². The Morgan fingerprint density at radius 2 is 1.82 bits per heavy atom. The summed E-state index contributed by atoms with van der Waals surface area (Å²) in [6.07, 6.45) is -3.18. The molecule has 2 aromatic rings. The number of hydrogen-bond acceptors (Lipinski definition) is 7. The fourth-order valence-electron chi connectivity index (χ4n) is 4.39. The van der Waals surface area contributed by atoms with E-state index in [9.17, 15) is 26.4 Å². The maximum atomic E-state index is 12.8. The normalized spacial score (nSPS) is 20.7. The van der Waals surface area contributed by atoms with Gasteiger partial charge in [-0.15, -0.1) is 10.2 Å². The van der Waals surface area contributed by atoms with Gasteiger partial charge < -0.3 is 14.5 Å². The van der Waals surface area contributed by atoms with E-state index in [2.05, 4.69) is 10.2 Å². The van der Waals surface area contributed by atoms with Crippen LogP contribution in [-0.4, -0.2) is 67.5 Å². The zero-order valence-electron chi connectivity index (χ0n) is 17.8. The van der Waals surface area contributed by atoms with E-state index >= 15 is 0 Å². The van der Waals surface area contributed by atoms with E-state index in [0.29, 0.717) is 24.7 Å². The van der Waals surface area contributed by atoms with Crippen molar-refractivity contribution in [3.8, 4) is 5.75 Å². The maximum absolute atomic E-state index is 12.8. The minimum absolute atomic E-state index is 0.0976. The largest absolute Gasteiger partial charge is 0.497 e. The Morgan fingerprint density at radius 1 is 1.12 bits per heavy atom. The molecule has 3 heterocycles. The molecule has 1 aromatic heterocycles. The van der Waals surface area contributed by atoms with Crippen LogP contribution in [0.15, 0.2) is 41.3 Å². The number of hydrogen-bond donors (Lipinski definition) is 0. The first-order chi connectivity index (χ1) is 15.6. The summed E-state index contributed by atoms with van der Waals surface area (Å²) >= 11 is 0. The Bertz CT molecular complexity index is 1110. The van der Waals surface area contributed by atoms with Crippen molar-refractivity contribution in [2.45, 2.75) is 42.4 Å². The highest BCUT2D eigenvalue weighted by Gasteiger charge is 2.42. The van der Waals surface area contributed by atoms with Crippen molar-refractivity contribution < 1.29 is 31.1 Å². The Kier molecular flexibility index (Phi) is 6.21. The number of sulfone groups is 1. The summed E-state index contributed by atoms with van der Waals surface area (Å²) in [5.41, 5.74) is -1.05. The van der Waals surface area contributed by atoms with E-state index in [1.54, 1.807) is 17.0 Å². The third-order valence-corrected chi connectivity index (χ3v) is 7.74. The van der Waals surface area contributed by atoms with Crippen molar-refractivity contribution in [3.05, 3.63) is 42.1 Å². The molecule has 4 rings (SSSR count). The van der Waals surface area contributed by atoms with Crippen LogP contribution in [0, 0.1) is 0 Å². The van der Waals surface area contributed by atoms with E-state index in [1.165, 1.54) is 25.3 Å². The number of benzene rings is 1. The van der Waals surface area contributed by atoms with Crippen molar-refractivity contribution in [2.75, 3.05) is 30.9 Å². The highest BCUT2D eigenvalue weighted by molar-refractivity contribution is 7.91. The van der Waals surface area contributed by atoms with Crippen molar-refractivity contribution in [2.24, 2.45) is 0 Å².